The van der Waals surface area contributed by atoms with Gasteiger partial charge in [0.1, 0.15) is 0 Å². The summed E-state index contributed by atoms with van der Waals surface area (Å²) in [5.74, 6) is -0.770. The standard InChI is InChI=1S/C19H15ClN2O2S2/c1-2-12-3-5-13(6-4-12)11-16-18(24)22(19(25)26-16)21-17(23)14-7-9-15(20)10-8-14/h3-11H,2H2,1H3,(H,21,23)/b16-11-. The number of amides is 2. The number of hydrazine groups is 1. The molecule has 0 bridgehead atoms. The van der Waals surface area contributed by atoms with Crippen LogP contribution in [0.2, 0.25) is 5.02 Å². The highest BCUT2D eigenvalue weighted by molar-refractivity contribution is 8.26. The highest BCUT2D eigenvalue weighted by Crippen LogP contribution is 2.31. The molecule has 0 spiro atoms. The average molecular weight is 403 g/mol. The van der Waals surface area contributed by atoms with Crippen LogP contribution in [0.5, 0.6) is 0 Å². The summed E-state index contributed by atoms with van der Waals surface area (Å²) < 4.78 is 0.286. The van der Waals surface area contributed by atoms with Crippen molar-refractivity contribution in [1.82, 2.24) is 10.4 Å². The first-order valence-electron chi connectivity index (χ1n) is 7.91. The molecule has 0 aliphatic carbocycles. The van der Waals surface area contributed by atoms with Crippen molar-refractivity contribution in [3.63, 3.8) is 0 Å². The molecule has 2 aromatic carbocycles. The van der Waals surface area contributed by atoms with E-state index in [4.69, 9.17) is 23.8 Å². The molecule has 0 atom stereocenters. The fourth-order valence-corrected chi connectivity index (χ4v) is 3.64. The van der Waals surface area contributed by atoms with Crippen LogP contribution in [0.4, 0.5) is 0 Å². The van der Waals surface area contributed by atoms with E-state index in [1.807, 2.05) is 24.3 Å². The Morgan fingerprint density at radius 3 is 2.46 bits per heavy atom. The van der Waals surface area contributed by atoms with Gasteiger partial charge in [-0.1, -0.05) is 54.6 Å². The molecule has 1 fully saturated rings. The molecule has 1 N–H and O–H groups in total. The van der Waals surface area contributed by atoms with Gasteiger partial charge in [-0.15, -0.1) is 0 Å². The molecular formula is C19H15ClN2O2S2. The van der Waals surface area contributed by atoms with E-state index in [-0.39, 0.29) is 10.2 Å². The van der Waals surface area contributed by atoms with Crippen LogP contribution in [-0.2, 0) is 11.2 Å². The van der Waals surface area contributed by atoms with E-state index in [0.717, 1.165) is 28.8 Å². The third-order valence-corrected chi connectivity index (χ3v) is 5.35. The van der Waals surface area contributed by atoms with Crippen molar-refractivity contribution in [3.8, 4) is 0 Å². The van der Waals surface area contributed by atoms with Gasteiger partial charge in [0.05, 0.1) is 4.91 Å². The number of hydrogen-bond donors (Lipinski definition) is 1. The Kier molecular flexibility index (Phi) is 5.76. The Labute approximate surface area is 166 Å². The maximum Gasteiger partial charge on any atom is 0.285 e. The molecule has 1 aliphatic rings. The maximum atomic E-state index is 12.6. The molecular weight excluding hydrogens is 388 g/mol. The van der Waals surface area contributed by atoms with Gasteiger partial charge >= 0.3 is 0 Å². The molecule has 0 radical (unpaired) electrons. The number of thioether (sulfide) groups is 1. The zero-order chi connectivity index (χ0) is 18.7. The fraction of sp³-hybridized carbons (Fsp3) is 0.105. The normalized spacial score (nSPS) is 15.6. The Bertz CT molecular complexity index is 893. The summed E-state index contributed by atoms with van der Waals surface area (Å²) in [6, 6.07) is 14.3. The van der Waals surface area contributed by atoms with Gasteiger partial charge in [0.15, 0.2) is 4.32 Å². The zero-order valence-electron chi connectivity index (χ0n) is 13.9. The molecule has 2 amide bonds. The molecule has 3 rings (SSSR count). The van der Waals surface area contributed by atoms with Crippen molar-refractivity contribution >= 4 is 57.8 Å². The topological polar surface area (TPSA) is 49.4 Å². The largest absolute Gasteiger partial charge is 0.285 e. The highest BCUT2D eigenvalue weighted by Gasteiger charge is 2.33. The van der Waals surface area contributed by atoms with Crippen LogP contribution in [0.3, 0.4) is 0 Å². The molecule has 0 saturated carbocycles. The van der Waals surface area contributed by atoms with E-state index < -0.39 is 5.91 Å². The molecule has 1 saturated heterocycles. The van der Waals surface area contributed by atoms with Crippen molar-refractivity contribution in [2.45, 2.75) is 13.3 Å². The summed E-state index contributed by atoms with van der Waals surface area (Å²) in [5, 5.41) is 1.63. The monoisotopic (exact) mass is 402 g/mol. The lowest BCUT2D eigenvalue weighted by molar-refractivity contribution is -0.123. The van der Waals surface area contributed by atoms with Gasteiger partial charge < -0.3 is 0 Å². The molecule has 0 unspecified atom stereocenters. The van der Waals surface area contributed by atoms with Gasteiger partial charge in [-0.2, -0.15) is 5.01 Å². The van der Waals surface area contributed by atoms with Gasteiger partial charge in [0.2, 0.25) is 0 Å². The Hall–Kier alpha value is -2.15. The van der Waals surface area contributed by atoms with E-state index in [1.165, 1.54) is 5.56 Å². The van der Waals surface area contributed by atoms with E-state index in [0.29, 0.717) is 15.5 Å². The summed E-state index contributed by atoms with van der Waals surface area (Å²) in [7, 11) is 0. The van der Waals surface area contributed by atoms with Crippen molar-refractivity contribution < 1.29 is 9.59 Å². The number of nitrogens with one attached hydrogen (secondary N) is 1. The molecule has 132 valence electrons. The molecule has 1 heterocycles. The van der Waals surface area contributed by atoms with Crippen molar-refractivity contribution in [3.05, 3.63) is 75.1 Å². The number of aryl methyl sites for hydroxylation is 1. The SMILES string of the molecule is CCc1ccc(/C=C2\SC(=S)N(NC(=O)c3ccc(Cl)cc3)C2=O)cc1. The minimum atomic E-state index is -0.425. The summed E-state index contributed by atoms with van der Waals surface area (Å²) >= 11 is 12.2. The van der Waals surface area contributed by atoms with Gasteiger partial charge in [0.25, 0.3) is 11.8 Å². The van der Waals surface area contributed by atoms with Gasteiger partial charge in [-0.05, 0) is 60.1 Å². The Morgan fingerprint density at radius 1 is 1.19 bits per heavy atom. The Balaban J connectivity index is 1.74. The molecule has 26 heavy (non-hydrogen) atoms. The quantitative estimate of drug-likeness (QED) is 0.606. The number of carbonyl (C=O) groups is 2. The number of hydrogen-bond acceptors (Lipinski definition) is 4. The second-order valence-electron chi connectivity index (χ2n) is 5.56. The van der Waals surface area contributed by atoms with Crippen LogP contribution < -0.4 is 5.43 Å². The number of benzene rings is 2. The lowest BCUT2D eigenvalue weighted by Gasteiger charge is -2.15. The first kappa shape index (κ1) is 18.6. The lowest BCUT2D eigenvalue weighted by atomic mass is 10.1. The number of rotatable bonds is 4. The van der Waals surface area contributed by atoms with Gasteiger partial charge in [-0.25, -0.2) is 0 Å². The molecule has 2 aromatic rings. The zero-order valence-corrected chi connectivity index (χ0v) is 16.3. The van der Waals surface area contributed by atoms with Crippen LogP contribution in [0.25, 0.3) is 6.08 Å². The summed E-state index contributed by atoms with van der Waals surface area (Å²) in [5.41, 5.74) is 5.07. The summed E-state index contributed by atoms with van der Waals surface area (Å²) in [6.07, 6.45) is 2.73. The minimum absolute atomic E-state index is 0.286. The van der Waals surface area contributed by atoms with Crippen molar-refractivity contribution in [1.29, 1.82) is 0 Å². The summed E-state index contributed by atoms with van der Waals surface area (Å²) in [4.78, 5) is 25.3. The van der Waals surface area contributed by atoms with Crippen LogP contribution in [0.15, 0.2) is 53.4 Å². The van der Waals surface area contributed by atoms with E-state index >= 15 is 0 Å². The highest BCUT2D eigenvalue weighted by atomic mass is 35.5. The first-order chi connectivity index (χ1) is 12.5. The first-order valence-corrected chi connectivity index (χ1v) is 9.51. The molecule has 7 heteroatoms. The number of nitrogens with zero attached hydrogens (tertiary/aromatic N) is 1. The van der Waals surface area contributed by atoms with Crippen LogP contribution in [0.1, 0.15) is 28.4 Å². The van der Waals surface area contributed by atoms with Crippen LogP contribution in [-0.4, -0.2) is 21.1 Å². The van der Waals surface area contributed by atoms with Crippen LogP contribution in [0, 0.1) is 0 Å². The smallest absolute Gasteiger partial charge is 0.267 e. The minimum Gasteiger partial charge on any atom is -0.267 e. The van der Waals surface area contributed by atoms with E-state index in [1.54, 1.807) is 30.3 Å². The second-order valence-corrected chi connectivity index (χ2v) is 7.67. The number of carbonyl (C=O) groups excluding carboxylic acids is 2. The third-order valence-electron chi connectivity index (χ3n) is 3.80. The third kappa shape index (κ3) is 4.15. The van der Waals surface area contributed by atoms with Gasteiger partial charge in [0, 0.05) is 10.6 Å². The van der Waals surface area contributed by atoms with E-state index in [9.17, 15) is 9.59 Å². The fourth-order valence-electron chi connectivity index (χ4n) is 2.33. The number of halogens is 1. The Morgan fingerprint density at radius 2 is 1.85 bits per heavy atom. The summed E-state index contributed by atoms with van der Waals surface area (Å²) in [6.45, 7) is 2.09. The van der Waals surface area contributed by atoms with Gasteiger partial charge in [-0.3, -0.25) is 15.0 Å². The predicted octanol–water partition coefficient (Wildman–Crippen LogP) is 4.45. The van der Waals surface area contributed by atoms with Crippen molar-refractivity contribution in [2.75, 3.05) is 0 Å². The van der Waals surface area contributed by atoms with Crippen LogP contribution >= 0.6 is 35.6 Å². The lowest BCUT2D eigenvalue weighted by Crippen LogP contribution is -2.44. The average Bonchev–Trinajstić information content (AvgIpc) is 2.90. The predicted molar refractivity (Wildman–Crippen MR) is 110 cm³/mol. The molecule has 4 nitrogen and oxygen atoms in total. The second kappa shape index (κ2) is 8.03. The maximum absolute atomic E-state index is 12.6. The molecule has 1 aliphatic heterocycles. The van der Waals surface area contributed by atoms with E-state index in [2.05, 4.69) is 12.3 Å². The molecule has 0 aromatic heterocycles. The number of thiocarbonyl (C=S) groups is 1. The van der Waals surface area contributed by atoms with Crippen molar-refractivity contribution in [2.24, 2.45) is 0 Å².